The van der Waals surface area contributed by atoms with Crippen LogP contribution in [0.4, 0.5) is 17.6 Å². The number of aromatic nitrogens is 4. The van der Waals surface area contributed by atoms with Crippen molar-refractivity contribution >= 4 is 11.6 Å². The first kappa shape index (κ1) is 23.0. The molecule has 11 heteroatoms. The second-order valence-corrected chi connectivity index (χ2v) is 8.58. The Bertz CT molecular complexity index is 1130. The maximum absolute atomic E-state index is 14.3. The molecule has 0 fully saturated rings. The van der Waals surface area contributed by atoms with Crippen molar-refractivity contribution in [2.24, 2.45) is 5.41 Å². The van der Waals surface area contributed by atoms with E-state index in [4.69, 9.17) is 11.6 Å². The van der Waals surface area contributed by atoms with Crippen molar-refractivity contribution < 1.29 is 17.6 Å². The van der Waals surface area contributed by atoms with Crippen LogP contribution in [0.1, 0.15) is 32.0 Å². The lowest BCUT2D eigenvalue weighted by Crippen LogP contribution is -2.26. The third-order valence-corrected chi connectivity index (χ3v) is 4.58. The van der Waals surface area contributed by atoms with Crippen LogP contribution in [0.15, 0.2) is 35.3 Å². The molecule has 0 radical (unpaired) electrons. The molecule has 0 amide bonds. The molecule has 0 bridgehead atoms. The van der Waals surface area contributed by atoms with Crippen LogP contribution in [0.5, 0.6) is 0 Å². The lowest BCUT2D eigenvalue weighted by molar-refractivity contribution is -0.141. The van der Waals surface area contributed by atoms with Crippen LogP contribution in [0.2, 0.25) is 5.02 Å². The number of aromatic amines is 1. The molecule has 0 aliphatic heterocycles. The van der Waals surface area contributed by atoms with Gasteiger partial charge in [0, 0.05) is 24.2 Å². The first-order valence-electron chi connectivity index (χ1n) is 9.27. The molecule has 0 saturated heterocycles. The fraction of sp³-hybridized carbons (Fsp3) is 0.350. The molecule has 0 aliphatic rings. The van der Waals surface area contributed by atoms with Crippen LogP contribution < -0.4 is 11.0 Å². The number of hydrogen-bond donors (Lipinski definition) is 2. The van der Waals surface area contributed by atoms with E-state index in [2.05, 4.69) is 20.4 Å². The number of nitrogens with one attached hydrogen (secondary N) is 2. The lowest BCUT2D eigenvalue weighted by atomic mass is 9.97. The molecule has 0 aliphatic carbocycles. The number of rotatable bonds is 5. The van der Waals surface area contributed by atoms with Crippen molar-refractivity contribution in [3.8, 4) is 17.1 Å². The quantitative estimate of drug-likeness (QED) is 0.550. The smallest absolute Gasteiger partial charge is 0.312 e. The van der Waals surface area contributed by atoms with Gasteiger partial charge in [0.25, 0.3) is 0 Å². The molecule has 3 aromatic rings. The van der Waals surface area contributed by atoms with E-state index < -0.39 is 23.4 Å². The van der Waals surface area contributed by atoms with Crippen LogP contribution >= 0.6 is 11.6 Å². The largest absolute Gasteiger partial charge is 0.433 e. The van der Waals surface area contributed by atoms with Crippen molar-refractivity contribution in [2.75, 3.05) is 6.54 Å². The zero-order valence-corrected chi connectivity index (χ0v) is 17.7. The Balaban J connectivity index is 1.92. The average molecular weight is 458 g/mol. The summed E-state index contributed by atoms with van der Waals surface area (Å²) in [6.07, 6.45) is -3.71. The van der Waals surface area contributed by atoms with E-state index in [9.17, 15) is 22.4 Å². The molecule has 0 saturated carbocycles. The van der Waals surface area contributed by atoms with Gasteiger partial charge in [-0.15, -0.1) is 5.10 Å². The first-order chi connectivity index (χ1) is 14.3. The van der Waals surface area contributed by atoms with Gasteiger partial charge in [0.05, 0.1) is 16.9 Å². The predicted molar refractivity (Wildman–Crippen MR) is 109 cm³/mol. The van der Waals surface area contributed by atoms with Gasteiger partial charge in [-0.3, -0.25) is 4.98 Å². The summed E-state index contributed by atoms with van der Waals surface area (Å²) in [6.45, 7) is 7.00. The highest BCUT2D eigenvalue weighted by molar-refractivity contribution is 6.33. The number of hydrogen-bond acceptors (Lipinski definition) is 4. The van der Waals surface area contributed by atoms with Crippen LogP contribution in [0, 0.1) is 11.2 Å². The number of H-pyrrole nitrogens is 1. The minimum absolute atomic E-state index is 0.00540. The fourth-order valence-corrected chi connectivity index (χ4v) is 3.02. The normalized spacial score (nSPS) is 12.4. The average Bonchev–Trinajstić information content (AvgIpc) is 3.03. The van der Waals surface area contributed by atoms with Gasteiger partial charge in [-0.1, -0.05) is 32.4 Å². The third-order valence-electron chi connectivity index (χ3n) is 4.26. The molecule has 2 aromatic heterocycles. The van der Waals surface area contributed by atoms with Gasteiger partial charge in [-0.25, -0.2) is 14.2 Å². The summed E-state index contributed by atoms with van der Waals surface area (Å²) in [4.78, 5) is 18.1. The second-order valence-electron chi connectivity index (χ2n) is 8.18. The number of benzene rings is 1. The summed E-state index contributed by atoms with van der Waals surface area (Å²) in [6, 6.07) is 4.43. The molecular weight excluding hydrogens is 438 g/mol. The van der Waals surface area contributed by atoms with Gasteiger partial charge >= 0.3 is 11.9 Å². The molecule has 2 heterocycles. The van der Waals surface area contributed by atoms with Gasteiger partial charge in [-0.05, 0) is 29.7 Å². The van der Waals surface area contributed by atoms with Crippen LogP contribution in [-0.4, -0.2) is 26.3 Å². The Labute approximate surface area is 180 Å². The maximum Gasteiger partial charge on any atom is 0.433 e. The van der Waals surface area contributed by atoms with E-state index in [1.165, 1.54) is 6.07 Å². The third kappa shape index (κ3) is 5.50. The van der Waals surface area contributed by atoms with Crippen molar-refractivity contribution in [3.05, 3.63) is 63.0 Å². The highest BCUT2D eigenvalue weighted by Crippen LogP contribution is 2.29. The van der Waals surface area contributed by atoms with Gasteiger partial charge in [0.1, 0.15) is 11.5 Å². The van der Waals surface area contributed by atoms with Crippen LogP contribution in [-0.2, 0) is 12.7 Å². The Kier molecular flexibility index (Phi) is 6.24. The predicted octanol–water partition coefficient (Wildman–Crippen LogP) is 4.57. The maximum atomic E-state index is 14.3. The summed E-state index contributed by atoms with van der Waals surface area (Å²) < 4.78 is 53.3. The van der Waals surface area contributed by atoms with E-state index in [0.29, 0.717) is 12.1 Å². The van der Waals surface area contributed by atoms with Crippen molar-refractivity contribution in [3.63, 3.8) is 0 Å². The number of pyridine rings is 1. The first-order valence-corrected chi connectivity index (χ1v) is 9.65. The van der Waals surface area contributed by atoms with Gasteiger partial charge in [0.15, 0.2) is 5.82 Å². The molecule has 0 unspecified atom stereocenters. The Morgan fingerprint density at radius 3 is 2.48 bits per heavy atom. The molecule has 2 N–H and O–H groups in total. The molecule has 0 atom stereocenters. The molecule has 31 heavy (non-hydrogen) atoms. The minimum Gasteiger partial charge on any atom is -0.312 e. The van der Waals surface area contributed by atoms with Crippen molar-refractivity contribution in [1.82, 2.24) is 25.1 Å². The zero-order chi connectivity index (χ0) is 23.0. The number of alkyl halides is 3. The number of halogens is 5. The van der Waals surface area contributed by atoms with Gasteiger partial charge in [-0.2, -0.15) is 17.9 Å². The van der Waals surface area contributed by atoms with Crippen molar-refractivity contribution in [2.45, 2.75) is 33.5 Å². The topological polar surface area (TPSA) is 75.6 Å². The second kappa shape index (κ2) is 8.43. The van der Waals surface area contributed by atoms with Gasteiger partial charge < -0.3 is 5.32 Å². The van der Waals surface area contributed by atoms with E-state index in [-0.39, 0.29) is 34.1 Å². The summed E-state index contributed by atoms with van der Waals surface area (Å²) in [7, 11) is 0. The Hall–Kier alpha value is -2.72. The highest BCUT2D eigenvalue weighted by atomic mass is 35.5. The summed E-state index contributed by atoms with van der Waals surface area (Å²) in [5.74, 6) is -0.462. The molecule has 6 nitrogen and oxygen atoms in total. The molecule has 166 valence electrons. The minimum atomic E-state index is -4.60. The monoisotopic (exact) mass is 457 g/mol. The Morgan fingerprint density at radius 1 is 1.19 bits per heavy atom. The van der Waals surface area contributed by atoms with E-state index in [1.54, 1.807) is 0 Å². The van der Waals surface area contributed by atoms with Crippen molar-refractivity contribution in [1.29, 1.82) is 0 Å². The Morgan fingerprint density at radius 2 is 1.90 bits per heavy atom. The van der Waals surface area contributed by atoms with Crippen LogP contribution in [0.3, 0.4) is 0 Å². The highest BCUT2D eigenvalue weighted by Gasteiger charge is 2.32. The SMILES string of the molecule is CC(C)(C)CNCc1cc(-c2nn(-c3ccc(C(F)(F)F)nc3)c(=O)[nH]2)c(Cl)cc1F. The fourth-order valence-electron chi connectivity index (χ4n) is 2.78. The molecule has 1 aromatic carbocycles. The lowest BCUT2D eigenvalue weighted by Gasteiger charge is -2.19. The molecule has 3 rings (SSSR count). The van der Waals surface area contributed by atoms with Crippen LogP contribution in [0.25, 0.3) is 17.1 Å². The summed E-state index contributed by atoms with van der Waals surface area (Å²) >= 11 is 6.15. The van der Waals surface area contributed by atoms with E-state index >= 15 is 0 Å². The molecular formula is C20H20ClF4N5O. The summed E-state index contributed by atoms with van der Waals surface area (Å²) in [5, 5.41) is 7.28. The molecule has 0 spiro atoms. The number of nitrogens with zero attached hydrogens (tertiary/aromatic N) is 3. The van der Waals surface area contributed by atoms with E-state index in [1.807, 2.05) is 20.8 Å². The van der Waals surface area contributed by atoms with E-state index in [0.717, 1.165) is 29.1 Å². The zero-order valence-electron chi connectivity index (χ0n) is 16.9. The standard InChI is InChI=1S/C20H20ClF4N5O/c1-19(2,3)10-26-8-11-6-13(14(21)7-15(11)22)17-28-18(31)30(29-17)12-4-5-16(27-9-12)20(23,24)25/h4-7,9,26H,8,10H2,1-3H3,(H,28,29,31). The summed E-state index contributed by atoms with van der Waals surface area (Å²) in [5.41, 5.74) is -1.14. The van der Waals surface area contributed by atoms with Gasteiger partial charge in [0.2, 0.25) is 0 Å².